The molecular formula is C21H19NO4S. The molecule has 0 bridgehead atoms. The van der Waals surface area contributed by atoms with Crippen LogP contribution in [0, 0.1) is 0 Å². The second-order valence-electron chi connectivity index (χ2n) is 5.65. The monoisotopic (exact) mass is 381 g/mol. The van der Waals surface area contributed by atoms with Crippen LogP contribution in [0.2, 0.25) is 0 Å². The van der Waals surface area contributed by atoms with Crippen LogP contribution in [-0.2, 0) is 10.0 Å². The van der Waals surface area contributed by atoms with E-state index < -0.39 is 15.9 Å². The summed E-state index contributed by atoms with van der Waals surface area (Å²) in [4.78, 5) is 13.4. The number of hydrogen-bond donors (Lipinski definition) is 0. The minimum atomic E-state index is -4.10. The molecule has 0 saturated carbocycles. The van der Waals surface area contributed by atoms with E-state index in [1.54, 1.807) is 79.7 Å². The molecule has 3 aromatic rings. The van der Waals surface area contributed by atoms with Crippen molar-refractivity contribution in [3.8, 4) is 5.75 Å². The van der Waals surface area contributed by atoms with Crippen molar-refractivity contribution in [1.29, 1.82) is 0 Å². The molecule has 0 aromatic heterocycles. The van der Waals surface area contributed by atoms with Gasteiger partial charge in [-0.1, -0.05) is 48.5 Å². The van der Waals surface area contributed by atoms with Gasteiger partial charge in [-0.05, 0) is 43.3 Å². The van der Waals surface area contributed by atoms with E-state index in [0.717, 1.165) is 4.31 Å². The molecule has 0 aliphatic rings. The van der Waals surface area contributed by atoms with Crippen molar-refractivity contribution in [2.75, 3.05) is 10.9 Å². The highest BCUT2D eigenvalue weighted by Crippen LogP contribution is 2.28. The fraction of sp³-hybridized carbons (Fsp3) is 0.0952. The van der Waals surface area contributed by atoms with E-state index in [1.165, 1.54) is 12.1 Å². The Morgan fingerprint density at radius 3 is 2.04 bits per heavy atom. The van der Waals surface area contributed by atoms with E-state index in [2.05, 4.69) is 0 Å². The summed E-state index contributed by atoms with van der Waals surface area (Å²) in [7, 11) is -4.10. The number of amides is 1. The van der Waals surface area contributed by atoms with E-state index in [9.17, 15) is 13.2 Å². The predicted molar refractivity (Wildman–Crippen MR) is 104 cm³/mol. The minimum Gasteiger partial charge on any atom is -0.493 e. The van der Waals surface area contributed by atoms with Gasteiger partial charge in [0, 0.05) is 0 Å². The second kappa shape index (κ2) is 8.05. The van der Waals surface area contributed by atoms with Crippen molar-refractivity contribution >= 4 is 21.6 Å². The van der Waals surface area contributed by atoms with Gasteiger partial charge in [0.15, 0.2) is 0 Å². The highest BCUT2D eigenvalue weighted by atomic mass is 32.2. The van der Waals surface area contributed by atoms with Crippen LogP contribution in [0.15, 0.2) is 89.8 Å². The average Bonchev–Trinajstić information content (AvgIpc) is 2.70. The number of para-hydroxylation sites is 2. The molecule has 0 aliphatic carbocycles. The number of carbonyl (C=O) groups excluding carboxylic acids is 1. The van der Waals surface area contributed by atoms with Gasteiger partial charge in [-0.3, -0.25) is 4.79 Å². The van der Waals surface area contributed by atoms with Crippen molar-refractivity contribution in [2.24, 2.45) is 0 Å². The summed E-state index contributed by atoms with van der Waals surface area (Å²) in [5, 5.41) is 0. The summed E-state index contributed by atoms with van der Waals surface area (Å²) in [5.41, 5.74) is 0.445. The Morgan fingerprint density at radius 1 is 0.852 bits per heavy atom. The quantitative estimate of drug-likeness (QED) is 0.644. The van der Waals surface area contributed by atoms with Crippen molar-refractivity contribution in [2.45, 2.75) is 11.8 Å². The van der Waals surface area contributed by atoms with Gasteiger partial charge < -0.3 is 4.74 Å². The molecule has 0 saturated heterocycles. The zero-order valence-electron chi connectivity index (χ0n) is 14.8. The summed E-state index contributed by atoms with van der Waals surface area (Å²) in [6.45, 7) is 2.16. The predicted octanol–water partition coefficient (Wildman–Crippen LogP) is 4.12. The maximum atomic E-state index is 13.3. The van der Waals surface area contributed by atoms with Crippen LogP contribution >= 0.6 is 0 Å². The first-order valence-electron chi connectivity index (χ1n) is 8.47. The van der Waals surface area contributed by atoms with Gasteiger partial charge in [-0.15, -0.1) is 0 Å². The molecule has 0 N–H and O–H groups in total. The third kappa shape index (κ3) is 3.85. The lowest BCUT2D eigenvalue weighted by Crippen LogP contribution is -2.37. The molecule has 0 heterocycles. The maximum absolute atomic E-state index is 13.3. The van der Waals surface area contributed by atoms with Crippen LogP contribution in [0.25, 0.3) is 0 Å². The molecule has 3 aromatic carbocycles. The first-order valence-corrected chi connectivity index (χ1v) is 9.91. The first-order chi connectivity index (χ1) is 13.1. The van der Waals surface area contributed by atoms with Crippen LogP contribution in [0.1, 0.15) is 17.3 Å². The number of hydrogen-bond acceptors (Lipinski definition) is 4. The van der Waals surface area contributed by atoms with E-state index in [0.29, 0.717) is 12.4 Å². The molecule has 27 heavy (non-hydrogen) atoms. The average molecular weight is 381 g/mol. The minimum absolute atomic E-state index is 0.0381. The Hall–Kier alpha value is -3.12. The van der Waals surface area contributed by atoms with Gasteiger partial charge in [0.2, 0.25) is 0 Å². The molecule has 0 radical (unpaired) electrons. The first kappa shape index (κ1) is 18.7. The molecule has 5 nitrogen and oxygen atoms in total. The Balaban J connectivity index is 2.16. The van der Waals surface area contributed by atoms with E-state index in [1.807, 2.05) is 0 Å². The molecule has 0 atom stereocenters. The zero-order chi connectivity index (χ0) is 19.3. The smallest absolute Gasteiger partial charge is 0.276 e. The van der Waals surface area contributed by atoms with Gasteiger partial charge in [0.1, 0.15) is 5.75 Å². The number of benzene rings is 3. The largest absolute Gasteiger partial charge is 0.493 e. The van der Waals surface area contributed by atoms with E-state index in [4.69, 9.17) is 4.74 Å². The van der Waals surface area contributed by atoms with Crippen LogP contribution < -0.4 is 9.04 Å². The summed E-state index contributed by atoms with van der Waals surface area (Å²) in [6.07, 6.45) is 0. The molecular weight excluding hydrogens is 362 g/mol. The van der Waals surface area contributed by atoms with Crippen LogP contribution in [-0.4, -0.2) is 20.9 Å². The Kier molecular flexibility index (Phi) is 5.57. The zero-order valence-corrected chi connectivity index (χ0v) is 15.6. The number of rotatable bonds is 6. The topological polar surface area (TPSA) is 63.7 Å². The molecule has 1 amide bonds. The fourth-order valence-corrected chi connectivity index (χ4v) is 4.09. The van der Waals surface area contributed by atoms with Crippen LogP contribution in [0.5, 0.6) is 5.75 Å². The highest BCUT2D eigenvalue weighted by Gasteiger charge is 2.33. The normalized spacial score (nSPS) is 11.0. The number of nitrogens with zero attached hydrogens (tertiary/aromatic N) is 1. The van der Waals surface area contributed by atoms with E-state index >= 15 is 0 Å². The summed E-state index contributed by atoms with van der Waals surface area (Å²) in [5.74, 6) is -0.330. The number of anilines is 1. The summed E-state index contributed by atoms with van der Waals surface area (Å²) < 4.78 is 32.9. The second-order valence-corrected chi connectivity index (χ2v) is 7.44. The molecule has 0 aliphatic heterocycles. The Labute approximate surface area is 158 Å². The SMILES string of the molecule is CCOc1ccccc1C(=O)N(c1ccccc1)S(=O)(=O)c1ccccc1. The van der Waals surface area contributed by atoms with Crippen LogP contribution in [0.3, 0.4) is 0 Å². The van der Waals surface area contributed by atoms with Crippen LogP contribution in [0.4, 0.5) is 5.69 Å². The Bertz CT molecular complexity index is 1020. The lowest BCUT2D eigenvalue weighted by Gasteiger charge is -2.23. The summed E-state index contributed by atoms with van der Waals surface area (Å²) >= 11 is 0. The van der Waals surface area contributed by atoms with Gasteiger partial charge in [-0.25, -0.2) is 8.42 Å². The van der Waals surface area contributed by atoms with E-state index in [-0.39, 0.29) is 16.1 Å². The van der Waals surface area contributed by atoms with Gasteiger partial charge >= 0.3 is 0 Å². The molecule has 0 spiro atoms. The lowest BCUT2D eigenvalue weighted by molar-refractivity contribution is 0.100. The molecule has 6 heteroatoms. The Morgan fingerprint density at radius 2 is 1.41 bits per heavy atom. The third-order valence-electron chi connectivity index (χ3n) is 3.87. The van der Waals surface area contributed by atoms with Gasteiger partial charge in [-0.2, -0.15) is 4.31 Å². The molecule has 0 fully saturated rings. The van der Waals surface area contributed by atoms with Crippen molar-refractivity contribution < 1.29 is 17.9 Å². The van der Waals surface area contributed by atoms with Gasteiger partial charge in [0.25, 0.3) is 15.9 Å². The maximum Gasteiger partial charge on any atom is 0.276 e. The molecule has 3 rings (SSSR count). The third-order valence-corrected chi connectivity index (χ3v) is 5.60. The standard InChI is InChI=1S/C21H19NO4S/c1-2-26-20-16-10-9-15-19(20)21(23)22(17-11-5-3-6-12-17)27(24,25)18-13-7-4-8-14-18/h3-16H,2H2,1H3. The molecule has 0 unspecified atom stereocenters. The number of carbonyl (C=O) groups is 1. The molecule has 138 valence electrons. The highest BCUT2D eigenvalue weighted by molar-refractivity contribution is 7.93. The number of sulfonamides is 1. The lowest BCUT2D eigenvalue weighted by atomic mass is 10.2. The summed E-state index contributed by atoms with van der Waals surface area (Å²) in [6, 6.07) is 22.8. The fourth-order valence-electron chi connectivity index (χ4n) is 2.66. The van der Waals surface area contributed by atoms with Crippen molar-refractivity contribution in [1.82, 2.24) is 0 Å². The van der Waals surface area contributed by atoms with Gasteiger partial charge in [0.05, 0.1) is 22.8 Å². The van der Waals surface area contributed by atoms with Crippen molar-refractivity contribution in [3.63, 3.8) is 0 Å². The number of ether oxygens (including phenoxy) is 1. The van der Waals surface area contributed by atoms with Crippen molar-refractivity contribution in [3.05, 3.63) is 90.5 Å².